The summed E-state index contributed by atoms with van der Waals surface area (Å²) >= 11 is 0. The molecule has 0 aliphatic carbocycles. The van der Waals surface area contributed by atoms with Gasteiger partial charge in [-0.1, -0.05) is 43.3 Å². The Labute approximate surface area is 170 Å². The Kier molecular flexibility index (Phi) is 7.19. The first-order valence-electron chi connectivity index (χ1n) is 9.64. The van der Waals surface area contributed by atoms with Crippen molar-refractivity contribution in [2.24, 2.45) is 0 Å². The lowest BCUT2D eigenvalue weighted by Crippen LogP contribution is -2.31. The number of benzene rings is 2. The molecule has 3 N–H and O–H groups in total. The number of amides is 2. The van der Waals surface area contributed by atoms with Crippen LogP contribution in [0.15, 0.2) is 77.4 Å². The van der Waals surface area contributed by atoms with Gasteiger partial charge in [-0.05, 0) is 42.3 Å². The summed E-state index contributed by atoms with van der Waals surface area (Å²) in [5.74, 6) is 0.288. The molecule has 0 saturated carbocycles. The fraction of sp³-hybridized carbons (Fsp3) is 0.217. The molecule has 1 aromatic heterocycles. The summed E-state index contributed by atoms with van der Waals surface area (Å²) in [6, 6.07) is 20.6. The van der Waals surface area contributed by atoms with E-state index >= 15 is 0 Å². The molecule has 2 amide bonds. The molecule has 150 valence electrons. The SMILES string of the molecule is CCC(NCC(=O)Nc1cccc(C(=O)NCc2ccco2)c1)c1ccccc1. The maximum Gasteiger partial charge on any atom is 0.251 e. The highest BCUT2D eigenvalue weighted by Gasteiger charge is 2.12. The van der Waals surface area contributed by atoms with Crippen molar-refractivity contribution in [1.29, 1.82) is 0 Å². The molecule has 6 nitrogen and oxygen atoms in total. The Morgan fingerprint density at radius 1 is 1.00 bits per heavy atom. The van der Waals surface area contributed by atoms with E-state index in [2.05, 4.69) is 22.9 Å². The van der Waals surface area contributed by atoms with Crippen LogP contribution in [0, 0.1) is 0 Å². The molecule has 1 atom stereocenters. The zero-order valence-electron chi connectivity index (χ0n) is 16.4. The average Bonchev–Trinajstić information content (AvgIpc) is 3.27. The molecular formula is C23H25N3O3. The van der Waals surface area contributed by atoms with Crippen molar-refractivity contribution in [3.8, 4) is 0 Å². The van der Waals surface area contributed by atoms with E-state index in [1.807, 2.05) is 30.3 Å². The summed E-state index contributed by atoms with van der Waals surface area (Å²) in [7, 11) is 0. The molecule has 1 unspecified atom stereocenters. The number of carbonyl (C=O) groups excluding carboxylic acids is 2. The van der Waals surface area contributed by atoms with Crippen LogP contribution in [0.25, 0.3) is 0 Å². The molecule has 2 aromatic carbocycles. The van der Waals surface area contributed by atoms with Crippen LogP contribution in [0.1, 0.15) is 41.1 Å². The number of furan rings is 1. The van der Waals surface area contributed by atoms with Crippen molar-refractivity contribution in [3.63, 3.8) is 0 Å². The van der Waals surface area contributed by atoms with Gasteiger partial charge in [0.05, 0.1) is 19.4 Å². The van der Waals surface area contributed by atoms with Gasteiger partial charge in [-0.25, -0.2) is 0 Å². The first kappa shape index (κ1) is 20.4. The molecule has 0 aliphatic heterocycles. The molecule has 29 heavy (non-hydrogen) atoms. The van der Waals surface area contributed by atoms with Crippen molar-refractivity contribution < 1.29 is 14.0 Å². The van der Waals surface area contributed by atoms with Gasteiger partial charge in [-0.15, -0.1) is 0 Å². The Hall–Kier alpha value is -3.38. The van der Waals surface area contributed by atoms with E-state index in [1.165, 1.54) is 0 Å². The topological polar surface area (TPSA) is 83.4 Å². The first-order valence-corrected chi connectivity index (χ1v) is 9.64. The lowest BCUT2D eigenvalue weighted by molar-refractivity contribution is -0.115. The smallest absolute Gasteiger partial charge is 0.251 e. The molecule has 0 fully saturated rings. The molecule has 1 heterocycles. The quantitative estimate of drug-likeness (QED) is 0.517. The van der Waals surface area contributed by atoms with Gasteiger partial charge in [-0.2, -0.15) is 0 Å². The second-order valence-electron chi connectivity index (χ2n) is 6.64. The zero-order valence-corrected chi connectivity index (χ0v) is 16.4. The van der Waals surface area contributed by atoms with Crippen LogP contribution in [0.3, 0.4) is 0 Å². The fourth-order valence-corrected chi connectivity index (χ4v) is 3.03. The number of hydrogen-bond acceptors (Lipinski definition) is 4. The number of rotatable bonds is 9. The molecule has 0 saturated heterocycles. The highest BCUT2D eigenvalue weighted by atomic mass is 16.3. The van der Waals surface area contributed by atoms with Crippen molar-refractivity contribution in [3.05, 3.63) is 89.9 Å². The van der Waals surface area contributed by atoms with E-state index in [-0.39, 0.29) is 24.4 Å². The predicted octanol–water partition coefficient (Wildman–Crippen LogP) is 3.89. The molecule has 0 bridgehead atoms. The lowest BCUT2D eigenvalue weighted by Gasteiger charge is -2.17. The van der Waals surface area contributed by atoms with Gasteiger partial charge >= 0.3 is 0 Å². The molecule has 3 rings (SSSR count). The summed E-state index contributed by atoms with van der Waals surface area (Å²) in [6.45, 7) is 2.57. The van der Waals surface area contributed by atoms with Crippen LogP contribution in [0.5, 0.6) is 0 Å². The number of nitrogens with one attached hydrogen (secondary N) is 3. The fourth-order valence-electron chi connectivity index (χ4n) is 3.03. The van der Waals surface area contributed by atoms with Crippen molar-refractivity contribution >= 4 is 17.5 Å². The second-order valence-corrected chi connectivity index (χ2v) is 6.64. The Morgan fingerprint density at radius 2 is 1.83 bits per heavy atom. The maximum absolute atomic E-state index is 12.3. The van der Waals surface area contributed by atoms with Crippen molar-refractivity contribution in [2.45, 2.75) is 25.9 Å². The number of anilines is 1. The van der Waals surface area contributed by atoms with Crippen molar-refractivity contribution in [1.82, 2.24) is 10.6 Å². The Bertz CT molecular complexity index is 924. The molecule has 0 aliphatic rings. The van der Waals surface area contributed by atoms with Gasteiger partial charge in [0.1, 0.15) is 5.76 Å². The van der Waals surface area contributed by atoms with Gasteiger partial charge in [0, 0.05) is 17.3 Å². The van der Waals surface area contributed by atoms with E-state index in [9.17, 15) is 9.59 Å². The second kappa shape index (κ2) is 10.2. The van der Waals surface area contributed by atoms with Gasteiger partial charge in [0.25, 0.3) is 5.91 Å². The van der Waals surface area contributed by atoms with Crippen LogP contribution in [-0.4, -0.2) is 18.4 Å². The minimum Gasteiger partial charge on any atom is -0.467 e. The van der Waals surface area contributed by atoms with Crippen molar-refractivity contribution in [2.75, 3.05) is 11.9 Å². The van der Waals surface area contributed by atoms with Crippen LogP contribution < -0.4 is 16.0 Å². The average molecular weight is 391 g/mol. The van der Waals surface area contributed by atoms with Gasteiger partial charge < -0.3 is 20.4 Å². The highest BCUT2D eigenvalue weighted by Crippen LogP contribution is 2.16. The molecule has 0 radical (unpaired) electrons. The maximum atomic E-state index is 12.3. The van der Waals surface area contributed by atoms with E-state index in [0.717, 1.165) is 12.0 Å². The highest BCUT2D eigenvalue weighted by molar-refractivity contribution is 5.97. The summed E-state index contributed by atoms with van der Waals surface area (Å²) in [5.41, 5.74) is 2.20. The minimum atomic E-state index is -0.231. The van der Waals surface area contributed by atoms with Crippen LogP contribution in [0.4, 0.5) is 5.69 Å². The lowest BCUT2D eigenvalue weighted by atomic mass is 10.0. The van der Waals surface area contributed by atoms with Crippen LogP contribution in [0.2, 0.25) is 0 Å². The van der Waals surface area contributed by atoms with E-state index < -0.39 is 0 Å². The van der Waals surface area contributed by atoms with Crippen LogP contribution >= 0.6 is 0 Å². The zero-order chi connectivity index (χ0) is 20.5. The number of carbonyl (C=O) groups is 2. The molecule has 0 spiro atoms. The Balaban J connectivity index is 1.52. The van der Waals surface area contributed by atoms with Gasteiger partial charge in [0.2, 0.25) is 5.91 Å². The van der Waals surface area contributed by atoms with E-state index in [1.54, 1.807) is 42.7 Å². The Morgan fingerprint density at radius 3 is 2.55 bits per heavy atom. The summed E-state index contributed by atoms with van der Waals surface area (Å²) < 4.78 is 5.20. The first-order chi connectivity index (χ1) is 14.2. The minimum absolute atomic E-state index is 0.112. The third-order valence-electron chi connectivity index (χ3n) is 4.53. The normalized spacial score (nSPS) is 11.6. The van der Waals surface area contributed by atoms with Gasteiger partial charge in [-0.3, -0.25) is 9.59 Å². The standard InChI is InChI=1S/C23H25N3O3/c1-2-21(17-8-4-3-5-9-17)24-16-22(27)26-19-11-6-10-18(14-19)23(28)25-15-20-12-7-13-29-20/h3-14,21,24H,2,15-16H2,1H3,(H,25,28)(H,26,27). The van der Waals surface area contributed by atoms with Gasteiger partial charge in [0.15, 0.2) is 0 Å². The summed E-state index contributed by atoms with van der Waals surface area (Å²) in [5, 5.41) is 8.91. The van der Waals surface area contributed by atoms with Crippen LogP contribution in [-0.2, 0) is 11.3 Å². The third-order valence-corrected chi connectivity index (χ3v) is 4.53. The number of hydrogen-bond donors (Lipinski definition) is 3. The van der Waals surface area contributed by atoms with E-state index in [4.69, 9.17) is 4.42 Å². The molecule has 6 heteroatoms. The summed E-state index contributed by atoms with van der Waals surface area (Å²) in [6.07, 6.45) is 2.44. The molecule has 3 aromatic rings. The predicted molar refractivity (Wildman–Crippen MR) is 112 cm³/mol. The third kappa shape index (κ3) is 6.05. The summed E-state index contributed by atoms with van der Waals surface area (Å²) in [4.78, 5) is 24.7. The molecular weight excluding hydrogens is 366 g/mol. The largest absolute Gasteiger partial charge is 0.467 e. The monoisotopic (exact) mass is 391 g/mol. The van der Waals surface area contributed by atoms with E-state index in [0.29, 0.717) is 23.6 Å².